The molecule has 2 saturated carbocycles. The first kappa shape index (κ1) is 46.7. The fourth-order valence-corrected chi connectivity index (χ4v) is 10.5. The van der Waals surface area contributed by atoms with Crippen LogP contribution in [-0.4, -0.2) is 108 Å². The molecule has 1 heterocycles. The van der Waals surface area contributed by atoms with Crippen LogP contribution < -0.4 is 5.32 Å². The molecule has 3 aromatic rings. The van der Waals surface area contributed by atoms with Crippen molar-refractivity contribution in [3.63, 3.8) is 0 Å². The molecule has 0 aromatic heterocycles. The van der Waals surface area contributed by atoms with Crippen LogP contribution in [-0.2, 0) is 58.9 Å². The van der Waals surface area contributed by atoms with Crippen LogP contribution in [0.5, 0.6) is 0 Å². The van der Waals surface area contributed by atoms with Gasteiger partial charge < -0.3 is 48.7 Å². The van der Waals surface area contributed by atoms with E-state index in [-0.39, 0.29) is 43.1 Å². The standard InChI is InChI=1S/C49H57NO14/c1-28-34(62-45(56)40(38(50-7)32-19-13-9-14-20-32)60-27-58-25-31-17-11-8-12-18-31)24-49(57)43(63-44(55)33-21-15-10-16-22-33)41-47(6,35(53)23-36-48(41,26-59-36)64-30(3)52)42(54)39(61-29(2)51)37(28)46(49,4)5/h8-22,34-36,38-41,43,50,53,57H,23-27H2,1-7H3/t34-,35-,36+,38-,39+,40+,41-,43-,47+,48-,49+/m0/s1. The van der Waals surface area contributed by atoms with E-state index in [2.05, 4.69) is 5.32 Å². The maximum atomic E-state index is 15.6. The van der Waals surface area contributed by atoms with E-state index in [1.807, 2.05) is 60.7 Å². The predicted molar refractivity (Wildman–Crippen MR) is 228 cm³/mol. The van der Waals surface area contributed by atoms with E-state index in [9.17, 15) is 29.4 Å². The smallest absolute Gasteiger partial charge is 0.338 e. The number of fused-ring (bicyclic) bond motifs is 5. The number of nitrogens with one attached hydrogen (secondary N) is 1. The van der Waals surface area contributed by atoms with Crippen molar-refractivity contribution in [3.05, 3.63) is 119 Å². The summed E-state index contributed by atoms with van der Waals surface area (Å²) < 4.78 is 42.9. The van der Waals surface area contributed by atoms with E-state index in [1.165, 1.54) is 26.0 Å². The number of benzene rings is 3. The Hall–Kier alpha value is -5.29. The van der Waals surface area contributed by atoms with Gasteiger partial charge in [0.25, 0.3) is 0 Å². The molecular formula is C49H57NO14. The monoisotopic (exact) mass is 883 g/mol. The molecule has 2 bridgehead atoms. The van der Waals surface area contributed by atoms with Gasteiger partial charge >= 0.3 is 23.9 Å². The van der Waals surface area contributed by atoms with E-state index < -0.39 is 107 Å². The second-order valence-corrected chi connectivity index (χ2v) is 17.9. The fourth-order valence-electron chi connectivity index (χ4n) is 10.5. The fraction of sp³-hybridized carbons (Fsp3) is 0.490. The molecule has 0 unspecified atom stereocenters. The number of rotatable bonds is 14. The second kappa shape index (κ2) is 18.3. The number of hydrogen-bond acceptors (Lipinski definition) is 15. The number of ketones is 1. The Morgan fingerprint density at radius 3 is 2.08 bits per heavy atom. The van der Waals surface area contributed by atoms with Gasteiger partial charge in [-0.25, -0.2) is 9.59 Å². The summed E-state index contributed by atoms with van der Waals surface area (Å²) >= 11 is 0. The number of aliphatic hydroxyl groups excluding tert-OH is 1. The third-order valence-electron chi connectivity index (χ3n) is 13.9. The zero-order valence-electron chi connectivity index (χ0n) is 37.1. The maximum Gasteiger partial charge on any atom is 0.338 e. The molecule has 3 fully saturated rings. The van der Waals surface area contributed by atoms with Gasteiger partial charge in [0.05, 0.1) is 42.3 Å². The Kier molecular flexibility index (Phi) is 13.4. The highest BCUT2D eigenvalue weighted by Crippen LogP contribution is 2.64. The summed E-state index contributed by atoms with van der Waals surface area (Å²) in [6.45, 7) is 8.21. The molecule has 15 nitrogen and oxygen atoms in total. The van der Waals surface area contributed by atoms with Crippen molar-refractivity contribution >= 4 is 29.7 Å². The number of aliphatic hydroxyl groups is 2. The molecule has 0 radical (unpaired) electrons. The highest BCUT2D eigenvalue weighted by Gasteiger charge is 2.78. The molecule has 7 rings (SSSR count). The van der Waals surface area contributed by atoms with E-state index in [4.69, 9.17) is 33.2 Å². The van der Waals surface area contributed by atoms with E-state index >= 15 is 4.79 Å². The Morgan fingerprint density at radius 2 is 1.50 bits per heavy atom. The summed E-state index contributed by atoms with van der Waals surface area (Å²) in [4.78, 5) is 70.9. The molecular weight excluding hydrogens is 827 g/mol. The number of Topliss-reactive ketones (excluding diaryl/α,β-unsaturated/α-hetero) is 1. The minimum absolute atomic E-state index is 0.0808. The lowest BCUT2D eigenvalue weighted by molar-refractivity contribution is -0.346. The van der Waals surface area contributed by atoms with Gasteiger partial charge in [0.2, 0.25) is 0 Å². The van der Waals surface area contributed by atoms with Crippen LogP contribution >= 0.6 is 0 Å². The molecule has 342 valence electrons. The highest BCUT2D eigenvalue weighted by atomic mass is 16.7. The largest absolute Gasteiger partial charge is 0.456 e. The number of likely N-dealkylation sites (N-methyl/N-ethyl adjacent to an activating group) is 1. The number of hydrogen-bond donors (Lipinski definition) is 3. The van der Waals surface area contributed by atoms with Gasteiger partial charge in [0, 0.05) is 32.1 Å². The Balaban J connectivity index is 1.37. The zero-order chi connectivity index (χ0) is 46.2. The highest BCUT2D eigenvalue weighted by molar-refractivity contribution is 5.95. The van der Waals surface area contributed by atoms with Crippen molar-refractivity contribution in [1.29, 1.82) is 0 Å². The quantitative estimate of drug-likeness (QED) is 0.0660. The van der Waals surface area contributed by atoms with Gasteiger partial charge in [-0.3, -0.25) is 14.4 Å². The average Bonchev–Trinajstić information content (AvgIpc) is 3.26. The molecule has 1 aliphatic heterocycles. The third-order valence-corrected chi connectivity index (χ3v) is 13.9. The first-order valence-electron chi connectivity index (χ1n) is 21.5. The summed E-state index contributed by atoms with van der Waals surface area (Å²) in [6, 6.07) is 25.7. The lowest BCUT2D eigenvalue weighted by Crippen LogP contribution is -2.82. The van der Waals surface area contributed by atoms with Crippen LogP contribution in [0.4, 0.5) is 0 Å². The van der Waals surface area contributed by atoms with Crippen molar-refractivity contribution in [2.24, 2.45) is 16.7 Å². The number of carbonyl (C=O) groups excluding carboxylic acids is 5. The van der Waals surface area contributed by atoms with Crippen LogP contribution in [0.25, 0.3) is 0 Å². The SMILES string of the molecule is CN[C@@H](c1ccccc1)[C@@H](OCOCc1ccccc1)C(=O)O[C@H]1C[C@@]2(O)[C@@H](OC(=O)c3ccccc3)[C@@H]3[C@]4(OC(C)=O)CO[C@@H]4C[C@H](O)[C@@]3(C)C(=O)[C@H](OC(C)=O)C(=C1C)C2(C)C. The Bertz CT molecular complexity index is 2250. The van der Waals surface area contributed by atoms with Crippen molar-refractivity contribution < 1.29 is 67.3 Å². The normalized spacial score (nSPS) is 31.4. The summed E-state index contributed by atoms with van der Waals surface area (Å²) in [5.74, 6) is -5.66. The molecule has 3 N–H and O–H groups in total. The van der Waals surface area contributed by atoms with Crippen LogP contribution in [0.3, 0.4) is 0 Å². The van der Waals surface area contributed by atoms with E-state index in [0.717, 1.165) is 12.5 Å². The van der Waals surface area contributed by atoms with Crippen molar-refractivity contribution in [3.8, 4) is 0 Å². The van der Waals surface area contributed by atoms with Gasteiger partial charge in [0.1, 0.15) is 30.7 Å². The topological polar surface area (TPSA) is 202 Å². The summed E-state index contributed by atoms with van der Waals surface area (Å²) in [5, 5.41) is 29.1. The van der Waals surface area contributed by atoms with Crippen LogP contribution in [0.1, 0.15) is 81.9 Å². The first-order chi connectivity index (χ1) is 30.4. The number of esters is 4. The van der Waals surface area contributed by atoms with Gasteiger partial charge in [-0.1, -0.05) is 92.7 Å². The molecule has 3 aromatic carbocycles. The van der Waals surface area contributed by atoms with Gasteiger partial charge in [0.15, 0.2) is 23.6 Å². The number of ether oxygens (including phenoxy) is 7. The zero-order valence-corrected chi connectivity index (χ0v) is 37.1. The predicted octanol–water partition coefficient (Wildman–Crippen LogP) is 4.72. The lowest BCUT2D eigenvalue weighted by Gasteiger charge is -2.67. The summed E-state index contributed by atoms with van der Waals surface area (Å²) in [7, 11) is 1.66. The molecule has 0 spiro atoms. The van der Waals surface area contributed by atoms with Crippen molar-refractivity contribution in [2.75, 3.05) is 20.4 Å². The summed E-state index contributed by atoms with van der Waals surface area (Å²) in [5.41, 5.74) is -5.62. The first-order valence-corrected chi connectivity index (χ1v) is 21.5. The van der Waals surface area contributed by atoms with Crippen LogP contribution in [0.15, 0.2) is 102 Å². The molecule has 1 saturated heterocycles. The third kappa shape index (κ3) is 8.18. The Labute approximate surface area is 372 Å². The molecule has 64 heavy (non-hydrogen) atoms. The molecule has 0 amide bonds. The van der Waals surface area contributed by atoms with Gasteiger partial charge in [-0.15, -0.1) is 0 Å². The molecule has 4 aliphatic rings. The van der Waals surface area contributed by atoms with Gasteiger partial charge in [-0.05, 0) is 55.3 Å². The molecule has 15 heteroatoms. The summed E-state index contributed by atoms with van der Waals surface area (Å²) in [6.07, 6.45) is -9.35. The van der Waals surface area contributed by atoms with Crippen molar-refractivity contribution in [1.82, 2.24) is 5.32 Å². The van der Waals surface area contributed by atoms with Gasteiger partial charge in [-0.2, -0.15) is 0 Å². The van der Waals surface area contributed by atoms with E-state index in [1.54, 1.807) is 46.0 Å². The lowest BCUT2D eigenvalue weighted by atomic mass is 9.44. The maximum absolute atomic E-state index is 15.6. The van der Waals surface area contributed by atoms with Crippen LogP contribution in [0, 0.1) is 16.7 Å². The molecule has 3 aliphatic carbocycles. The Morgan fingerprint density at radius 1 is 0.875 bits per heavy atom. The second-order valence-electron chi connectivity index (χ2n) is 17.9. The van der Waals surface area contributed by atoms with Crippen molar-refractivity contribution in [2.45, 2.75) is 115 Å². The van der Waals surface area contributed by atoms with Crippen LogP contribution in [0.2, 0.25) is 0 Å². The van der Waals surface area contributed by atoms with E-state index in [0.29, 0.717) is 5.56 Å². The average molecular weight is 884 g/mol. The number of carbonyl (C=O) groups is 5. The minimum atomic E-state index is -2.32. The minimum Gasteiger partial charge on any atom is -0.456 e. The molecule has 11 atom stereocenters.